The summed E-state index contributed by atoms with van der Waals surface area (Å²) in [6, 6.07) is 3.41. The van der Waals surface area contributed by atoms with Gasteiger partial charge in [-0.15, -0.1) is 11.6 Å². The maximum atomic E-state index is 8.98. The lowest BCUT2D eigenvalue weighted by molar-refractivity contribution is -0.693. The third-order valence-electron chi connectivity index (χ3n) is 1.19. The summed E-state index contributed by atoms with van der Waals surface area (Å²) in [5.74, 6) is 0.835. The van der Waals surface area contributed by atoms with Gasteiger partial charge in [-0.1, -0.05) is 0 Å². The van der Waals surface area contributed by atoms with E-state index in [9.17, 15) is 0 Å². The number of alkyl halides is 1. The van der Waals surface area contributed by atoms with E-state index in [1.54, 1.807) is 18.3 Å². The van der Waals surface area contributed by atoms with Gasteiger partial charge < -0.3 is 5.11 Å². The molecule has 2 nitrogen and oxygen atoms in total. The Morgan fingerprint density at radius 2 is 2.40 bits per heavy atom. The van der Waals surface area contributed by atoms with Crippen LogP contribution in [-0.2, 0) is 6.54 Å². The quantitative estimate of drug-likeness (QED) is 0.502. The molecular formula is C7H9ClNO+. The normalized spacial score (nSPS) is 9.70. The van der Waals surface area contributed by atoms with Crippen LogP contribution in [0.4, 0.5) is 0 Å². The van der Waals surface area contributed by atoms with Crippen molar-refractivity contribution in [1.29, 1.82) is 0 Å². The van der Waals surface area contributed by atoms with E-state index < -0.39 is 0 Å². The molecule has 0 aliphatic rings. The first-order valence-corrected chi connectivity index (χ1v) is 3.60. The summed E-state index contributed by atoms with van der Waals surface area (Å²) in [5.41, 5.74) is 0. The molecule has 0 bridgehead atoms. The maximum absolute atomic E-state index is 8.98. The average molecular weight is 159 g/mol. The zero-order valence-electron chi connectivity index (χ0n) is 5.50. The van der Waals surface area contributed by atoms with Gasteiger partial charge in [0.25, 0.3) is 0 Å². The van der Waals surface area contributed by atoms with Gasteiger partial charge in [-0.05, 0) is 6.07 Å². The molecule has 0 atom stereocenters. The molecule has 3 heteroatoms. The van der Waals surface area contributed by atoms with E-state index in [0.717, 1.165) is 6.54 Å². The molecular weight excluding hydrogens is 150 g/mol. The number of aromatic nitrogens is 1. The lowest BCUT2D eigenvalue weighted by Crippen LogP contribution is -2.33. The first kappa shape index (κ1) is 7.35. The first-order chi connectivity index (χ1) is 4.83. The monoisotopic (exact) mass is 158 g/mol. The Morgan fingerprint density at radius 1 is 1.60 bits per heavy atom. The van der Waals surface area contributed by atoms with Crippen molar-refractivity contribution in [2.45, 2.75) is 6.54 Å². The standard InChI is InChI=1S/C7H8ClNO/c8-3-5-9-4-1-2-7(10)6-9/h1-2,4,6H,3,5H2/p+1. The molecule has 0 fully saturated rings. The molecule has 1 aromatic heterocycles. The van der Waals surface area contributed by atoms with Crippen molar-refractivity contribution >= 4 is 11.6 Å². The Bertz CT molecular complexity index is 215. The molecule has 1 rings (SSSR count). The summed E-state index contributed by atoms with van der Waals surface area (Å²) >= 11 is 5.49. The summed E-state index contributed by atoms with van der Waals surface area (Å²) < 4.78 is 1.84. The van der Waals surface area contributed by atoms with E-state index in [1.165, 1.54) is 0 Å². The smallest absolute Gasteiger partial charge is 0.210 e. The lowest BCUT2D eigenvalue weighted by Gasteiger charge is -1.91. The number of nitrogens with zero attached hydrogens (tertiary/aromatic N) is 1. The van der Waals surface area contributed by atoms with E-state index in [-0.39, 0.29) is 5.75 Å². The molecule has 10 heavy (non-hydrogen) atoms. The Balaban J connectivity index is 2.75. The number of hydrogen-bond acceptors (Lipinski definition) is 1. The van der Waals surface area contributed by atoms with Crippen molar-refractivity contribution in [3.8, 4) is 5.75 Å². The number of hydrogen-bond donors (Lipinski definition) is 1. The molecule has 1 heterocycles. The highest BCUT2D eigenvalue weighted by molar-refractivity contribution is 6.17. The van der Waals surface area contributed by atoms with Gasteiger partial charge in [0.1, 0.15) is 0 Å². The van der Waals surface area contributed by atoms with Crippen molar-refractivity contribution in [2.24, 2.45) is 0 Å². The van der Waals surface area contributed by atoms with Crippen LogP contribution < -0.4 is 4.57 Å². The van der Waals surface area contributed by atoms with Gasteiger partial charge in [-0.3, -0.25) is 0 Å². The Morgan fingerprint density at radius 3 is 3.00 bits per heavy atom. The third kappa shape index (κ3) is 1.88. The van der Waals surface area contributed by atoms with Crippen LogP contribution in [-0.4, -0.2) is 11.0 Å². The summed E-state index contributed by atoms with van der Waals surface area (Å²) in [4.78, 5) is 0. The third-order valence-corrected chi connectivity index (χ3v) is 1.35. The second-order valence-corrected chi connectivity index (χ2v) is 2.37. The van der Waals surface area contributed by atoms with E-state index in [0.29, 0.717) is 5.88 Å². The lowest BCUT2D eigenvalue weighted by atomic mass is 10.4. The minimum Gasteiger partial charge on any atom is -0.503 e. The van der Waals surface area contributed by atoms with E-state index >= 15 is 0 Å². The fourth-order valence-corrected chi connectivity index (χ4v) is 0.940. The summed E-state index contributed by atoms with van der Waals surface area (Å²) in [7, 11) is 0. The molecule has 1 aromatic rings. The molecule has 0 aliphatic carbocycles. The molecule has 54 valence electrons. The Hall–Kier alpha value is -0.760. The molecule has 0 unspecified atom stereocenters. The van der Waals surface area contributed by atoms with Crippen LogP contribution in [0.25, 0.3) is 0 Å². The molecule has 1 N–H and O–H groups in total. The number of aryl methyl sites for hydroxylation is 1. The fraction of sp³-hybridized carbons (Fsp3) is 0.286. The zero-order chi connectivity index (χ0) is 7.40. The second kappa shape index (κ2) is 3.42. The molecule has 0 radical (unpaired) electrons. The largest absolute Gasteiger partial charge is 0.503 e. The van der Waals surface area contributed by atoms with Crippen LogP contribution in [0.2, 0.25) is 0 Å². The molecule has 0 spiro atoms. The maximum Gasteiger partial charge on any atom is 0.210 e. The highest BCUT2D eigenvalue weighted by Crippen LogP contribution is 1.99. The van der Waals surface area contributed by atoms with Gasteiger partial charge in [0, 0.05) is 6.07 Å². The fourth-order valence-electron chi connectivity index (χ4n) is 0.745. The van der Waals surface area contributed by atoms with Crippen molar-refractivity contribution in [3.63, 3.8) is 0 Å². The molecule has 0 saturated heterocycles. The van der Waals surface area contributed by atoms with Crippen LogP contribution >= 0.6 is 11.6 Å². The SMILES string of the molecule is Oc1ccc[n+](CCCl)c1. The molecule has 0 aliphatic heterocycles. The topological polar surface area (TPSA) is 24.1 Å². The van der Waals surface area contributed by atoms with Gasteiger partial charge in [0.15, 0.2) is 18.5 Å². The number of rotatable bonds is 2. The average Bonchev–Trinajstić information content (AvgIpc) is 1.88. The van der Waals surface area contributed by atoms with Crippen LogP contribution in [0.1, 0.15) is 0 Å². The summed E-state index contributed by atoms with van der Waals surface area (Å²) in [5, 5.41) is 8.98. The van der Waals surface area contributed by atoms with Crippen LogP contribution in [0.15, 0.2) is 24.5 Å². The Kier molecular flexibility index (Phi) is 2.51. The van der Waals surface area contributed by atoms with Gasteiger partial charge in [-0.2, -0.15) is 0 Å². The minimum atomic E-state index is 0.271. The second-order valence-electron chi connectivity index (χ2n) is 1.99. The minimum absolute atomic E-state index is 0.271. The zero-order valence-corrected chi connectivity index (χ0v) is 6.25. The summed E-state index contributed by atoms with van der Waals surface area (Å²) in [6.45, 7) is 0.732. The van der Waals surface area contributed by atoms with Crippen LogP contribution in [0.3, 0.4) is 0 Å². The number of aromatic hydroxyl groups is 1. The van der Waals surface area contributed by atoms with E-state index in [2.05, 4.69) is 0 Å². The van der Waals surface area contributed by atoms with E-state index in [4.69, 9.17) is 16.7 Å². The molecule has 0 aromatic carbocycles. The summed E-state index contributed by atoms with van der Waals surface area (Å²) in [6.07, 6.45) is 3.50. The van der Waals surface area contributed by atoms with Crippen LogP contribution in [0.5, 0.6) is 5.75 Å². The molecule has 0 amide bonds. The van der Waals surface area contributed by atoms with Gasteiger partial charge >= 0.3 is 0 Å². The van der Waals surface area contributed by atoms with Gasteiger partial charge in [-0.25, -0.2) is 4.57 Å². The van der Waals surface area contributed by atoms with Crippen molar-refractivity contribution < 1.29 is 9.67 Å². The Labute approximate surface area is 64.7 Å². The number of pyridine rings is 1. The van der Waals surface area contributed by atoms with Crippen LogP contribution in [0, 0.1) is 0 Å². The highest BCUT2D eigenvalue weighted by atomic mass is 35.5. The van der Waals surface area contributed by atoms with Crippen molar-refractivity contribution in [1.82, 2.24) is 0 Å². The van der Waals surface area contributed by atoms with Crippen molar-refractivity contribution in [3.05, 3.63) is 24.5 Å². The highest BCUT2D eigenvalue weighted by Gasteiger charge is 1.97. The predicted octanol–water partition coefficient (Wildman–Crippen LogP) is 0.918. The number of halogens is 1. The first-order valence-electron chi connectivity index (χ1n) is 3.07. The predicted molar refractivity (Wildman–Crippen MR) is 39.0 cm³/mol. The van der Waals surface area contributed by atoms with Gasteiger partial charge in [0.2, 0.25) is 6.20 Å². The van der Waals surface area contributed by atoms with Gasteiger partial charge in [0.05, 0.1) is 5.88 Å². The van der Waals surface area contributed by atoms with E-state index in [1.807, 2.05) is 10.8 Å². The van der Waals surface area contributed by atoms with Crippen molar-refractivity contribution in [2.75, 3.05) is 5.88 Å². The molecule has 0 saturated carbocycles.